The number of nitrogens with one attached hydrogen (secondary N) is 3. The van der Waals surface area contributed by atoms with E-state index in [1.54, 1.807) is 34.6 Å². The lowest BCUT2D eigenvalue weighted by molar-refractivity contribution is 0.176. The number of sulfonamides is 1. The van der Waals surface area contributed by atoms with E-state index in [-0.39, 0.29) is 11.3 Å². The van der Waals surface area contributed by atoms with Gasteiger partial charge < -0.3 is 25.8 Å². The number of nitrogens with zero attached hydrogens (tertiary/aromatic N) is 1. The lowest BCUT2D eigenvalue weighted by Crippen LogP contribution is -2.35. The molecule has 1 aromatic heterocycles. The zero-order chi connectivity index (χ0) is 28.1. The lowest BCUT2D eigenvalue weighted by Gasteiger charge is -2.26. The minimum atomic E-state index is -3.49. The zero-order valence-electron chi connectivity index (χ0n) is 22.1. The van der Waals surface area contributed by atoms with E-state index in [2.05, 4.69) is 15.6 Å². The highest BCUT2D eigenvalue weighted by Gasteiger charge is 2.26. The van der Waals surface area contributed by atoms with Crippen LogP contribution < -0.4 is 16.2 Å². The first-order valence-corrected chi connectivity index (χ1v) is 15.0. The monoisotopic (exact) mass is 562 g/mol. The molecule has 0 amide bonds. The van der Waals surface area contributed by atoms with Crippen LogP contribution in [0.1, 0.15) is 36.5 Å². The van der Waals surface area contributed by atoms with E-state index in [0.29, 0.717) is 53.2 Å². The van der Waals surface area contributed by atoms with Crippen LogP contribution in [0.2, 0.25) is 0 Å². The Morgan fingerprint density at radius 1 is 0.925 bits per heavy atom. The number of benzene rings is 3. The van der Waals surface area contributed by atoms with Crippen molar-refractivity contribution < 1.29 is 18.6 Å². The molecule has 4 aromatic rings. The summed E-state index contributed by atoms with van der Waals surface area (Å²) in [4.78, 5) is 14.5. The zero-order valence-corrected chi connectivity index (χ0v) is 23.0. The summed E-state index contributed by atoms with van der Waals surface area (Å²) in [7, 11) is -3.49. The van der Waals surface area contributed by atoms with E-state index in [0.717, 1.165) is 36.9 Å². The van der Waals surface area contributed by atoms with Gasteiger partial charge in [0.25, 0.3) is 0 Å². The van der Waals surface area contributed by atoms with Gasteiger partial charge in [-0.2, -0.15) is 4.31 Å². The summed E-state index contributed by atoms with van der Waals surface area (Å²) in [5, 5.41) is 27.9. The second kappa shape index (κ2) is 12.2. The maximum Gasteiger partial charge on any atom is 0.248 e. The fourth-order valence-electron chi connectivity index (χ4n) is 5.04. The molecule has 0 unspecified atom stereocenters. The van der Waals surface area contributed by atoms with Crippen molar-refractivity contribution in [2.24, 2.45) is 0 Å². The number of hydrogen-bond donors (Lipinski definition) is 5. The van der Waals surface area contributed by atoms with E-state index < -0.39 is 16.1 Å². The van der Waals surface area contributed by atoms with Crippen LogP contribution in [0, 0.1) is 0 Å². The third kappa shape index (κ3) is 6.37. The summed E-state index contributed by atoms with van der Waals surface area (Å²) < 4.78 is 27.6. The predicted octanol–water partition coefficient (Wildman–Crippen LogP) is 4.02. The van der Waals surface area contributed by atoms with Crippen LogP contribution in [0.3, 0.4) is 0 Å². The Morgan fingerprint density at radius 3 is 2.48 bits per heavy atom. The van der Waals surface area contributed by atoms with Gasteiger partial charge in [-0.1, -0.05) is 30.7 Å². The molecule has 0 aliphatic carbocycles. The van der Waals surface area contributed by atoms with Crippen molar-refractivity contribution in [3.63, 3.8) is 0 Å². The number of aromatic amines is 1. The first kappa shape index (κ1) is 27.9. The number of aliphatic hydroxyl groups is 1. The standard InChI is InChI=1S/C30H34N4O5S/c35-27-13-11-25(26-12-14-29(37)33-30(26)27)28(36)20-31-16-15-21-7-9-22(10-8-21)32-23-5-4-6-24(19-23)40(38,39)34-17-2-1-3-18-34/h4-14,19,28,31-32,35-36H,1-3,15-18,20H2,(H,33,37)/t28-/m0/s1. The van der Waals surface area contributed by atoms with Gasteiger partial charge in [-0.15, -0.1) is 0 Å². The first-order valence-electron chi connectivity index (χ1n) is 13.5. The van der Waals surface area contributed by atoms with Gasteiger partial charge in [0.05, 0.1) is 16.5 Å². The number of rotatable bonds is 10. The smallest absolute Gasteiger partial charge is 0.248 e. The molecule has 2 heterocycles. The number of phenolic OH excluding ortho intramolecular Hbond substituents is 1. The molecule has 1 aliphatic rings. The Hall–Kier alpha value is -3.70. The van der Waals surface area contributed by atoms with Gasteiger partial charge in [0.2, 0.25) is 15.6 Å². The molecule has 0 bridgehead atoms. The van der Waals surface area contributed by atoms with Gasteiger partial charge in [0, 0.05) is 42.5 Å². The van der Waals surface area contributed by atoms with E-state index in [1.807, 2.05) is 30.3 Å². The Kier molecular flexibility index (Phi) is 8.51. The van der Waals surface area contributed by atoms with Gasteiger partial charge in [0.1, 0.15) is 5.75 Å². The Balaban J connectivity index is 1.14. The molecule has 9 nitrogen and oxygen atoms in total. The van der Waals surface area contributed by atoms with E-state index in [1.165, 1.54) is 12.1 Å². The Bertz CT molecular complexity index is 1630. The maximum absolute atomic E-state index is 13.0. The molecule has 0 spiro atoms. The fraction of sp³-hybridized carbons (Fsp3) is 0.300. The molecule has 40 heavy (non-hydrogen) atoms. The topological polar surface area (TPSA) is 135 Å². The van der Waals surface area contributed by atoms with E-state index >= 15 is 0 Å². The predicted molar refractivity (Wildman–Crippen MR) is 157 cm³/mol. The van der Waals surface area contributed by atoms with Crippen molar-refractivity contribution in [3.05, 3.63) is 94.3 Å². The number of fused-ring (bicyclic) bond motifs is 1. The number of pyridine rings is 1. The largest absolute Gasteiger partial charge is 0.506 e. The molecule has 210 valence electrons. The first-order chi connectivity index (χ1) is 19.3. The Labute approximate surface area is 233 Å². The summed E-state index contributed by atoms with van der Waals surface area (Å²) >= 11 is 0. The number of H-pyrrole nitrogens is 1. The second-order valence-electron chi connectivity index (χ2n) is 10.1. The molecular formula is C30H34N4O5S. The van der Waals surface area contributed by atoms with Crippen molar-refractivity contribution in [1.29, 1.82) is 0 Å². The molecule has 10 heteroatoms. The van der Waals surface area contributed by atoms with E-state index in [9.17, 15) is 23.4 Å². The number of phenols is 1. The highest BCUT2D eigenvalue weighted by Crippen LogP contribution is 2.29. The minimum absolute atomic E-state index is 0.0373. The third-order valence-electron chi connectivity index (χ3n) is 7.22. The quantitative estimate of drug-likeness (QED) is 0.184. The van der Waals surface area contributed by atoms with Gasteiger partial charge in [0.15, 0.2) is 0 Å². The molecule has 3 aromatic carbocycles. The van der Waals surface area contributed by atoms with Crippen LogP contribution in [0.5, 0.6) is 5.75 Å². The molecule has 1 aliphatic heterocycles. The fourth-order valence-corrected chi connectivity index (χ4v) is 6.60. The van der Waals surface area contributed by atoms with Gasteiger partial charge >= 0.3 is 0 Å². The van der Waals surface area contributed by atoms with Crippen molar-refractivity contribution in [3.8, 4) is 5.75 Å². The highest BCUT2D eigenvalue weighted by atomic mass is 32.2. The number of hydrogen-bond acceptors (Lipinski definition) is 7. The minimum Gasteiger partial charge on any atom is -0.506 e. The van der Waals surface area contributed by atoms with E-state index in [4.69, 9.17) is 0 Å². The van der Waals surface area contributed by atoms with Crippen molar-refractivity contribution in [2.45, 2.75) is 36.7 Å². The summed E-state index contributed by atoms with van der Waals surface area (Å²) in [5.74, 6) is -0.0373. The molecule has 0 radical (unpaired) electrons. The molecule has 1 atom stereocenters. The van der Waals surface area contributed by atoms with Crippen molar-refractivity contribution >= 4 is 32.3 Å². The molecule has 1 saturated heterocycles. The molecule has 5 N–H and O–H groups in total. The average Bonchev–Trinajstić information content (AvgIpc) is 2.97. The van der Waals surface area contributed by atoms with Crippen LogP contribution in [-0.2, 0) is 16.4 Å². The van der Waals surface area contributed by atoms with Crippen molar-refractivity contribution in [1.82, 2.24) is 14.6 Å². The maximum atomic E-state index is 13.0. The van der Waals surface area contributed by atoms with Gasteiger partial charge in [-0.25, -0.2) is 8.42 Å². The van der Waals surface area contributed by atoms with Crippen LogP contribution in [0.4, 0.5) is 11.4 Å². The summed E-state index contributed by atoms with van der Waals surface area (Å²) in [6.45, 7) is 2.11. The molecule has 1 fully saturated rings. The van der Waals surface area contributed by atoms with Gasteiger partial charge in [-0.05, 0) is 79.4 Å². The second-order valence-corrected chi connectivity index (χ2v) is 12.0. The number of anilines is 2. The highest BCUT2D eigenvalue weighted by molar-refractivity contribution is 7.89. The number of piperidine rings is 1. The van der Waals surface area contributed by atoms with Crippen molar-refractivity contribution in [2.75, 3.05) is 31.5 Å². The van der Waals surface area contributed by atoms with Gasteiger partial charge in [-0.3, -0.25) is 4.79 Å². The van der Waals surface area contributed by atoms with Crippen LogP contribution in [0.25, 0.3) is 10.9 Å². The normalized spacial score (nSPS) is 15.2. The third-order valence-corrected chi connectivity index (χ3v) is 9.12. The number of aliphatic hydroxyl groups excluding tert-OH is 1. The molecule has 5 rings (SSSR count). The average molecular weight is 563 g/mol. The van der Waals surface area contributed by atoms with Crippen LogP contribution >= 0.6 is 0 Å². The summed E-state index contributed by atoms with van der Waals surface area (Å²) in [5.41, 5.74) is 3.31. The molecular weight excluding hydrogens is 528 g/mol. The number of aromatic nitrogens is 1. The number of aromatic hydroxyl groups is 1. The summed E-state index contributed by atoms with van der Waals surface area (Å²) in [6, 6.07) is 21.0. The summed E-state index contributed by atoms with van der Waals surface area (Å²) in [6.07, 6.45) is 2.81. The SMILES string of the molecule is O=c1ccc2c([C@@H](O)CNCCc3ccc(Nc4cccc(S(=O)(=O)N5CCCCC5)c4)cc3)ccc(O)c2[nH]1. The Morgan fingerprint density at radius 2 is 1.70 bits per heavy atom. The molecule has 0 saturated carbocycles. The van der Waals surface area contributed by atoms with Crippen LogP contribution in [0.15, 0.2) is 82.5 Å². The lowest BCUT2D eigenvalue weighted by atomic mass is 10.0. The van der Waals surface area contributed by atoms with Crippen LogP contribution in [-0.4, -0.2) is 54.1 Å².